The molecule has 1 aliphatic rings. The Morgan fingerprint density at radius 1 is 1.00 bits per heavy atom. The number of benzene rings is 1. The molecule has 76 valence electrons. The van der Waals surface area contributed by atoms with Crippen LogP contribution in [0, 0.1) is 0 Å². The van der Waals surface area contributed by atoms with E-state index in [1.54, 1.807) is 11.1 Å². The molecule has 0 bridgehead atoms. The van der Waals surface area contributed by atoms with Crippen LogP contribution in [-0.2, 0) is 17.6 Å². The van der Waals surface area contributed by atoms with Crippen molar-refractivity contribution in [2.45, 2.75) is 39.5 Å². The topological polar surface area (TPSA) is 17.1 Å². The van der Waals surface area contributed by atoms with E-state index in [-0.39, 0.29) is 5.78 Å². The molecule has 0 atom stereocenters. The second-order valence-electron chi connectivity index (χ2n) is 3.88. The van der Waals surface area contributed by atoms with Crippen molar-refractivity contribution in [2.75, 3.05) is 0 Å². The Balaban J connectivity index is 0.000000213. The van der Waals surface area contributed by atoms with Gasteiger partial charge in [0.25, 0.3) is 0 Å². The Bertz CT molecular complexity index is 273. The van der Waals surface area contributed by atoms with Crippen molar-refractivity contribution in [3.8, 4) is 0 Å². The van der Waals surface area contributed by atoms with Gasteiger partial charge >= 0.3 is 0 Å². The van der Waals surface area contributed by atoms with Crippen LogP contribution < -0.4 is 0 Å². The summed E-state index contributed by atoms with van der Waals surface area (Å²) in [4.78, 5) is 9.44. The number of Topliss-reactive ketones (excluding diaryl/α,β-unsaturated/α-hetero) is 1. The number of rotatable bonds is 0. The minimum Gasteiger partial charge on any atom is -0.300 e. The quantitative estimate of drug-likeness (QED) is 0.614. The Morgan fingerprint density at radius 2 is 1.36 bits per heavy atom. The number of ketones is 1. The van der Waals surface area contributed by atoms with Gasteiger partial charge in [0.1, 0.15) is 5.78 Å². The Hall–Kier alpha value is -1.11. The molecule has 2 rings (SSSR count). The number of hydrogen-bond donors (Lipinski definition) is 0. The van der Waals surface area contributed by atoms with Gasteiger partial charge in [-0.2, -0.15) is 0 Å². The summed E-state index contributed by atoms with van der Waals surface area (Å²) in [7, 11) is 0. The molecule has 0 aliphatic heterocycles. The van der Waals surface area contributed by atoms with Gasteiger partial charge in [0.15, 0.2) is 0 Å². The molecule has 0 aromatic heterocycles. The van der Waals surface area contributed by atoms with Crippen molar-refractivity contribution >= 4 is 5.78 Å². The summed E-state index contributed by atoms with van der Waals surface area (Å²) in [5.41, 5.74) is 3.16. The zero-order valence-electron chi connectivity index (χ0n) is 9.05. The predicted octanol–water partition coefficient (Wildman–Crippen LogP) is 3.16. The lowest BCUT2D eigenvalue weighted by Gasteiger charge is -2.13. The van der Waals surface area contributed by atoms with Crippen LogP contribution in [0.2, 0.25) is 0 Å². The first-order chi connectivity index (χ1) is 6.70. The van der Waals surface area contributed by atoms with Gasteiger partial charge in [0.05, 0.1) is 0 Å². The molecule has 0 N–H and O–H groups in total. The summed E-state index contributed by atoms with van der Waals surface area (Å²) in [6.07, 6.45) is 5.38. The van der Waals surface area contributed by atoms with Gasteiger partial charge in [-0.15, -0.1) is 0 Å². The number of hydrogen-bond acceptors (Lipinski definition) is 1. The highest BCUT2D eigenvalue weighted by Crippen LogP contribution is 2.19. The summed E-state index contributed by atoms with van der Waals surface area (Å²) >= 11 is 0. The molecule has 0 saturated heterocycles. The fraction of sp³-hybridized carbons (Fsp3) is 0.462. The van der Waals surface area contributed by atoms with E-state index in [1.807, 2.05) is 0 Å². The molecule has 1 aromatic carbocycles. The predicted molar refractivity (Wildman–Crippen MR) is 59.4 cm³/mol. The first-order valence-electron chi connectivity index (χ1n) is 5.24. The van der Waals surface area contributed by atoms with Gasteiger partial charge in [-0.1, -0.05) is 24.3 Å². The smallest absolute Gasteiger partial charge is 0.126 e. The van der Waals surface area contributed by atoms with Crippen LogP contribution in [-0.4, -0.2) is 5.78 Å². The van der Waals surface area contributed by atoms with Crippen LogP contribution in [0.1, 0.15) is 37.8 Å². The maximum Gasteiger partial charge on any atom is 0.126 e. The van der Waals surface area contributed by atoms with Gasteiger partial charge in [0, 0.05) is 0 Å². The third-order valence-corrected chi connectivity index (χ3v) is 2.26. The van der Waals surface area contributed by atoms with E-state index in [4.69, 9.17) is 0 Å². The van der Waals surface area contributed by atoms with Crippen molar-refractivity contribution in [3.05, 3.63) is 35.4 Å². The maximum atomic E-state index is 9.44. The number of carbonyl (C=O) groups is 1. The first kappa shape index (κ1) is 11.0. The standard InChI is InChI=1S/C10H12.C3H6O/c1-2-6-10-8-4-3-7-9(10)5-1;1-3(2)4/h1-2,5-6H,3-4,7-8H2;1-2H3. The lowest BCUT2D eigenvalue weighted by atomic mass is 9.92. The van der Waals surface area contributed by atoms with Crippen LogP contribution in [0.15, 0.2) is 24.3 Å². The lowest BCUT2D eigenvalue weighted by molar-refractivity contribution is -0.114. The Labute approximate surface area is 86.1 Å². The van der Waals surface area contributed by atoms with Crippen LogP contribution in [0.5, 0.6) is 0 Å². The average molecular weight is 190 g/mol. The van der Waals surface area contributed by atoms with Gasteiger partial charge < -0.3 is 4.79 Å². The SMILES string of the molecule is CC(C)=O.c1ccc2c(c1)CCCC2. The lowest BCUT2D eigenvalue weighted by Crippen LogP contribution is -2.00. The summed E-state index contributed by atoms with van der Waals surface area (Å²) in [6, 6.07) is 8.80. The van der Waals surface area contributed by atoms with Crippen LogP contribution in [0.4, 0.5) is 0 Å². The van der Waals surface area contributed by atoms with Crippen LogP contribution in [0.3, 0.4) is 0 Å². The molecule has 0 fully saturated rings. The molecule has 0 radical (unpaired) electrons. The number of aryl methyl sites for hydroxylation is 2. The highest BCUT2D eigenvalue weighted by Gasteiger charge is 2.05. The minimum absolute atomic E-state index is 0.167. The van der Waals surface area contributed by atoms with Crippen molar-refractivity contribution in [1.29, 1.82) is 0 Å². The third-order valence-electron chi connectivity index (χ3n) is 2.26. The molecule has 0 spiro atoms. The fourth-order valence-corrected chi connectivity index (χ4v) is 1.68. The van der Waals surface area contributed by atoms with E-state index in [0.717, 1.165) is 0 Å². The van der Waals surface area contributed by atoms with Crippen LogP contribution in [0.25, 0.3) is 0 Å². The van der Waals surface area contributed by atoms with Gasteiger partial charge in [-0.05, 0) is 50.7 Å². The average Bonchev–Trinajstić information content (AvgIpc) is 2.17. The summed E-state index contributed by atoms with van der Waals surface area (Å²) in [6.45, 7) is 3.06. The van der Waals surface area contributed by atoms with Crippen LogP contribution >= 0.6 is 0 Å². The molecule has 0 unspecified atom stereocenters. The van der Waals surface area contributed by atoms with E-state index in [9.17, 15) is 4.79 Å². The number of carbonyl (C=O) groups excluding carboxylic acids is 1. The Kier molecular flexibility index (Phi) is 4.37. The second kappa shape index (κ2) is 5.58. The first-order valence-corrected chi connectivity index (χ1v) is 5.24. The highest BCUT2D eigenvalue weighted by molar-refractivity contribution is 5.72. The van der Waals surface area contributed by atoms with Gasteiger partial charge in [0.2, 0.25) is 0 Å². The zero-order chi connectivity index (χ0) is 10.4. The molecule has 0 amide bonds. The monoisotopic (exact) mass is 190 g/mol. The van der Waals surface area contributed by atoms with Gasteiger partial charge in [-0.25, -0.2) is 0 Å². The molecule has 1 nitrogen and oxygen atoms in total. The Morgan fingerprint density at radius 3 is 1.71 bits per heavy atom. The molecular formula is C13H18O. The van der Waals surface area contributed by atoms with E-state index < -0.39 is 0 Å². The molecule has 1 aliphatic carbocycles. The molecule has 1 heteroatoms. The van der Waals surface area contributed by atoms with Crippen molar-refractivity contribution in [1.82, 2.24) is 0 Å². The minimum atomic E-state index is 0.167. The van der Waals surface area contributed by atoms with E-state index in [2.05, 4.69) is 24.3 Å². The van der Waals surface area contributed by atoms with E-state index in [0.29, 0.717) is 0 Å². The third kappa shape index (κ3) is 3.73. The molecule has 1 aromatic rings. The second-order valence-corrected chi connectivity index (χ2v) is 3.88. The zero-order valence-corrected chi connectivity index (χ0v) is 9.05. The highest BCUT2D eigenvalue weighted by atomic mass is 16.1. The van der Waals surface area contributed by atoms with E-state index in [1.165, 1.54) is 39.5 Å². The van der Waals surface area contributed by atoms with Crippen molar-refractivity contribution < 1.29 is 4.79 Å². The summed E-state index contributed by atoms with van der Waals surface area (Å²) < 4.78 is 0. The van der Waals surface area contributed by atoms with Gasteiger partial charge in [-0.3, -0.25) is 0 Å². The fourth-order valence-electron chi connectivity index (χ4n) is 1.68. The molecule has 0 saturated carbocycles. The largest absolute Gasteiger partial charge is 0.300 e. The molecular weight excluding hydrogens is 172 g/mol. The number of fused-ring (bicyclic) bond motifs is 1. The molecule has 0 heterocycles. The van der Waals surface area contributed by atoms with E-state index >= 15 is 0 Å². The molecule has 14 heavy (non-hydrogen) atoms. The summed E-state index contributed by atoms with van der Waals surface area (Å²) in [5, 5.41) is 0. The maximum absolute atomic E-state index is 9.44. The van der Waals surface area contributed by atoms with Crippen molar-refractivity contribution in [3.63, 3.8) is 0 Å². The van der Waals surface area contributed by atoms with Crippen molar-refractivity contribution in [2.24, 2.45) is 0 Å². The summed E-state index contributed by atoms with van der Waals surface area (Å²) in [5.74, 6) is 0.167. The normalized spacial score (nSPS) is 13.6.